The lowest BCUT2D eigenvalue weighted by Crippen LogP contribution is -2.18. The number of hydrogen-bond donors (Lipinski definition) is 2. The van der Waals surface area contributed by atoms with Gasteiger partial charge in [-0.05, 0) is 54.1 Å². The molecule has 0 spiro atoms. The number of thioether (sulfide) groups is 1. The fourth-order valence-corrected chi connectivity index (χ4v) is 4.73. The molecule has 3 aromatic carbocycles. The van der Waals surface area contributed by atoms with Gasteiger partial charge < -0.3 is 15.8 Å². The molecule has 0 saturated heterocycles. The molecule has 7 heteroatoms. The third-order valence-electron chi connectivity index (χ3n) is 4.59. The van der Waals surface area contributed by atoms with Crippen molar-refractivity contribution in [1.82, 2.24) is 4.98 Å². The first-order valence-electron chi connectivity index (χ1n) is 9.60. The Balaban J connectivity index is 1.53. The second-order valence-electron chi connectivity index (χ2n) is 6.73. The summed E-state index contributed by atoms with van der Waals surface area (Å²) in [5.74, 6) is 0.668. The minimum Gasteiger partial charge on any atom is -0.497 e. The lowest BCUT2D eigenvalue weighted by Gasteiger charge is -2.16. The smallest absolute Gasteiger partial charge is 0.244 e. The standard InChI is InChI=1S/C24H21N3O2S2/c1-29-19-11-7-16(8-12-19)21-15-30-24(26-21)27-23(28)22(17-5-3-2-4-6-17)31-20-13-9-18(25)10-14-20/h2-15,22H,25H2,1H3,(H,26,27,28). The van der Waals surface area contributed by atoms with Crippen LogP contribution >= 0.6 is 23.1 Å². The minimum atomic E-state index is -0.418. The highest BCUT2D eigenvalue weighted by atomic mass is 32.2. The van der Waals surface area contributed by atoms with E-state index >= 15 is 0 Å². The van der Waals surface area contributed by atoms with Crippen LogP contribution in [0.4, 0.5) is 10.8 Å². The van der Waals surface area contributed by atoms with Crippen LogP contribution < -0.4 is 15.8 Å². The van der Waals surface area contributed by atoms with Gasteiger partial charge in [-0.2, -0.15) is 0 Å². The van der Waals surface area contributed by atoms with Crippen molar-refractivity contribution < 1.29 is 9.53 Å². The summed E-state index contributed by atoms with van der Waals surface area (Å²) in [5, 5.41) is 5.06. The fraction of sp³-hybridized carbons (Fsp3) is 0.0833. The third kappa shape index (κ3) is 5.25. The number of ether oxygens (including phenoxy) is 1. The van der Waals surface area contributed by atoms with Gasteiger partial charge in [0.2, 0.25) is 5.91 Å². The highest BCUT2D eigenvalue weighted by molar-refractivity contribution is 8.00. The van der Waals surface area contributed by atoms with E-state index in [1.54, 1.807) is 7.11 Å². The second-order valence-corrected chi connectivity index (χ2v) is 8.77. The lowest BCUT2D eigenvalue weighted by atomic mass is 10.1. The maximum absolute atomic E-state index is 13.2. The third-order valence-corrected chi connectivity index (χ3v) is 6.62. The molecule has 0 aliphatic rings. The zero-order valence-corrected chi connectivity index (χ0v) is 18.5. The van der Waals surface area contributed by atoms with E-state index in [9.17, 15) is 4.79 Å². The molecule has 0 saturated carbocycles. The number of carbonyl (C=O) groups is 1. The van der Waals surface area contributed by atoms with Gasteiger partial charge in [0.25, 0.3) is 0 Å². The average molecular weight is 448 g/mol. The maximum atomic E-state index is 13.2. The summed E-state index contributed by atoms with van der Waals surface area (Å²) >= 11 is 2.88. The Kier molecular flexibility index (Phi) is 6.54. The molecule has 156 valence electrons. The quantitative estimate of drug-likeness (QED) is 0.274. The number of anilines is 2. The molecule has 0 bridgehead atoms. The summed E-state index contributed by atoms with van der Waals surface area (Å²) in [6.07, 6.45) is 0. The van der Waals surface area contributed by atoms with Gasteiger partial charge in [0.1, 0.15) is 11.0 Å². The van der Waals surface area contributed by atoms with Gasteiger partial charge in [-0.15, -0.1) is 23.1 Å². The Morgan fingerprint density at radius 2 is 1.74 bits per heavy atom. The molecule has 0 aliphatic carbocycles. The number of amides is 1. The van der Waals surface area contributed by atoms with E-state index in [1.807, 2.05) is 84.2 Å². The Labute approximate surface area is 189 Å². The molecule has 1 amide bonds. The Morgan fingerprint density at radius 1 is 1.03 bits per heavy atom. The molecular formula is C24H21N3O2S2. The van der Waals surface area contributed by atoms with E-state index in [0.717, 1.165) is 27.5 Å². The van der Waals surface area contributed by atoms with Gasteiger partial charge in [-0.25, -0.2) is 4.98 Å². The van der Waals surface area contributed by atoms with E-state index in [2.05, 4.69) is 10.3 Å². The van der Waals surface area contributed by atoms with Crippen molar-refractivity contribution in [1.29, 1.82) is 0 Å². The lowest BCUT2D eigenvalue weighted by molar-refractivity contribution is -0.115. The summed E-state index contributed by atoms with van der Waals surface area (Å²) < 4.78 is 5.20. The molecule has 5 nitrogen and oxygen atoms in total. The van der Waals surface area contributed by atoms with Gasteiger partial charge in [-0.3, -0.25) is 4.79 Å². The van der Waals surface area contributed by atoms with Gasteiger partial charge in [-0.1, -0.05) is 30.3 Å². The summed E-state index contributed by atoms with van der Waals surface area (Å²) in [7, 11) is 1.64. The van der Waals surface area contributed by atoms with Crippen LogP contribution in [0.1, 0.15) is 10.8 Å². The zero-order valence-electron chi connectivity index (χ0n) is 16.8. The normalized spacial score (nSPS) is 11.6. The van der Waals surface area contributed by atoms with Gasteiger partial charge in [0, 0.05) is 21.5 Å². The monoisotopic (exact) mass is 447 g/mol. The molecule has 1 unspecified atom stereocenters. The number of carbonyl (C=O) groups excluding carboxylic acids is 1. The largest absolute Gasteiger partial charge is 0.497 e. The summed E-state index contributed by atoms with van der Waals surface area (Å²) in [5.41, 5.74) is 9.19. The number of benzene rings is 3. The van der Waals surface area contributed by atoms with E-state index < -0.39 is 5.25 Å². The Hall–Kier alpha value is -3.29. The van der Waals surface area contributed by atoms with Crippen LogP contribution in [0.5, 0.6) is 5.75 Å². The number of hydrogen-bond acceptors (Lipinski definition) is 6. The van der Waals surface area contributed by atoms with Crippen molar-refractivity contribution in [2.45, 2.75) is 10.1 Å². The van der Waals surface area contributed by atoms with Crippen LogP contribution in [0.2, 0.25) is 0 Å². The van der Waals surface area contributed by atoms with Crippen molar-refractivity contribution in [3.8, 4) is 17.0 Å². The molecule has 0 fully saturated rings. The first-order valence-corrected chi connectivity index (χ1v) is 11.4. The van der Waals surface area contributed by atoms with Crippen molar-refractivity contribution >= 4 is 39.8 Å². The van der Waals surface area contributed by atoms with E-state index in [-0.39, 0.29) is 5.91 Å². The van der Waals surface area contributed by atoms with Crippen LogP contribution in [0, 0.1) is 0 Å². The average Bonchev–Trinajstić information content (AvgIpc) is 3.27. The number of thiazole rings is 1. The van der Waals surface area contributed by atoms with Crippen LogP contribution in [-0.4, -0.2) is 18.0 Å². The molecule has 4 rings (SSSR count). The maximum Gasteiger partial charge on any atom is 0.244 e. The van der Waals surface area contributed by atoms with Gasteiger partial charge in [0.05, 0.1) is 12.8 Å². The SMILES string of the molecule is COc1ccc(-c2csc(NC(=O)C(Sc3ccc(N)cc3)c3ccccc3)n2)cc1. The Bertz CT molecular complexity index is 1140. The molecule has 1 atom stereocenters. The second kappa shape index (κ2) is 9.68. The molecule has 1 aromatic heterocycles. The summed E-state index contributed by atoms with van der Waals surface area (Å²) in [4.78, 5) is 18.8. The topological polar surface area (TPSA) is 77.2 Å². The van der Waals surface area contributed by atoms with Crippen LogP contribution in [0.15, 0.2) is 89.1 Å². The van der Waals surface area contributed by atoms with Crippen LogP contribution in [0.3, 0.4) is 0 Å². The number of methoxy groups -OCH3 is 1. The molecule has 4 aromatic rings. The Morgan fingerprint density at radius 3 is 2.42 bits per heavy atom. The predicted octanol–water partition coefficient (Wildman–Crippen LogP) is 5.87. The van der Waals surface area contributed by atoms with Crippen LogP contribution in [-0.2, 0) is 4.79 Å². The van der Waals surface area contributed by atoms with Crippen molar-refractivity contribution in [3.05, 3.63) is 89.8 Å². The fourth-order valence-electron chi connectivity index (χ4n) is 2.98. The van der Waals surface area contributed by atoms with Gasteiger partial charge in [0.15, 0.2) is 5.13 Å². The van der Waals surface area contributed by atoms with Crippen molar-refractivity contribution in [2.75, 3.05) is 18.2 Å². The number of nitrogens with one attached hydrogen (secondary N) is 1. The highest BCUT2D eigenvalue weighted by Gasteiger charge is 2.23. The van der Waals surface area contributed by atoms with E-state index in [0.29, 0.717) is 10.8 Å². The molecule has 0 radical (unpaired) electrons. The van der Waals surface area contributed by atoms with E-state index in [4.69, 9.17) is 10.5 Å². The number of nitrogen functional groups attached to an aromatic ring is 1. The highest BCUT2D eigenvalue weighted by Crippen LogP contribution is 2.37. The number of aromatic nitrogens is 1. The van der Waals surface area contributed by atoms with Gasteiger partial charge >= 0.3 is 0 Å². The molecule has 0 aliphatic heterocycles. The first-order chi connectivity index (χ1) is 15.1. The summed E-state index contributed by atoms with van der Waals surface area (Å²) in [6, 6.07) is 24.9. The number of rotatable bonds is 7. The molecule has 31 heavy (non-hydrogen) atoms. The van der Waals surface area contributed by atoms with Crippen molar-refractivity contribution in [3.63, 3.8) is 0 Å². The molecule has 1 heterocycles. The minimum absolute atomic E-state index is 0.122. The van der Waals surface area contributed by atoms with Crippen LogP contribution in [0.25, 0.3) is 11.3 Å². The zero-order chi connectivity index (χ0) is 21.6. The number of nitrogens with two attached hydrogens (primary N) is 1. The summed E-state index contributed by atoms with van der Waals surface area (Å²) in [6.45, 7) is 0. The first kappa shape index (κ1) is 21.0. The van der Waals surface area contributed by atoms with Crippen molar-refractivity contribution in [2.24, 2.45) is 0 Å². The predicted molar refractivity (Wildman–Crippen MR) is 129 cm³/mol. The molecule has 3 N–H and O–H groups in total. The molecular weight excluding hydrogens is 426 g/mol. The number of nitrogens with zero attached hydrogens (tertiary/aromatic N) is 1. The van der Waals surface area contributed by atoms with E-state index in [1.165, 1.54) is 23.1 Å².